The molecule has 0 aromatic heterocycles. The number of benzene rings is 2. The smallest absolute Gasteiger partial charge is 0.0416 e. The van der Waals surface area contributed by atoms with Crippen LogP contribution in [-0.4, -0.2) is 0 Å². The fraction of sp³-hybridized carbons (Fsp3) is 0.263. The van der Waals surface area contributed by atoms with Crippen molar-refractivity contribution in [1.82, 2.24) is 0 Å². The van der Waals surface area contributed by atoms with E-state index >= 15 is 0 Å². The summed E-state index contributed by atoms with van der Waals surface area (Å²) in [6.07, 6.45) is 1.05. The van der Waals surface area contributed by atoms with Gasteiger partial charge in [-0.1, -0.05) is 37.8 Å². The molecule has 0 aliphatic heterocycles. The lowest BCUT2D eigenvalue weighted by molar-refractivity contribution is 1.14. The number of rotatable bonds is 4. The second kappa shape index (κ2) is 5.96. The van der Waals surface area contributed by atoms with Crippen molar-refractivity contribution < 1.29 is 0 Å². The zero-order chi connectivity index (χ0) is 14.7. The summed E-state index contributed by atoms with van der Waals surface area (Å²) in [5.74, 6) is 0. The molecule has 1 N–H and O–H groups in total. The second-order valence-corrected chi connectivity index (χ2v) is 5.41. The molecule has 0 atom stereocenters. The Bertz CT molecular complexity index is 638. The Labute approximate surface area is 122 Å². The Hall–Kier alpha value is -2.02. The molecule has 2 rings (SSSR count). The summed E-state index contributed by atoms with van der Waals surface area (Å²) in [5, 5.41) is 3.45. The van der Waals surface area contributed by atoms with Crippen LogP contribution in [0.3, 0.4) is 0 Å². The van der Waals surface area contributed by atoms with E-state index in [0.717, 1.165) is 23.4 Å². The van der Waals surface area contributed by atoms with E-state index in [4.69, 9.17) is 0 Å². The van der Waals surface area contributed by atoms with Crippen LogP contribution in [0.1, 0.15) is 34.7 Å². The van der Waals surface area contributed by atoms with Gasteiger partial charge in [-0.05, 0) is 67.1 Å². The van der Waals surface area contributed by atoms with E-state index in [1.54, 1.807) is 0 Å². The van der Waals surface area contributed by atoms with E-state index in [1.807, 2.05) is 0 Å². The highest BCUT2D eigenvalue weighted by Gasteiger charge is 2.04. The summed E-state index contributed by atoms with van der Waals surface area (Å²) in [6.45, 7) is 12.7. The molecule has 0 fully saturated rings. The van der Waals surface area contributed by atoms with Gasteiger partial charge in [-0.2, -0.15) is 0 Å². The first-order valence-electron chi connectivity index (χ1n) is 7.14. The summed E-state index contributed by atoms with van der Waals surface area (Å²) in [7, 11) is 0. The van der Waals surface area contributed by atoms with Gasteiger partial charge in [0, 0.05) is 11.4 Å². The third kappa shape index (κ3) is 3.11. The normalized spacial score (nSPS) is 10.4. The number of anilines is 1. The highest BCUT2D eigenvalue weighted by molar-refractivity contribution is 5.77. The summed E-state index contributed by atoms with van der Waals surface area (Å²) in [6, 6.07) is 13.0. The van der Waals surface area contributed by atoms with E-state index in [0.29, 0.717) is 0 Å². The molecule has 1 heteroatoms. The molecule has 0 unspecified atom stereocenters. The maximum atomic E-state index is 4.18. The first-order chi connectivity index (χ1) is 9.51. The molecule has 0 bridgehead atoms. The van der Waals surface area contributed by atoms with Gasteiger partial charge < -0.3 is 5.32 Å². The molecule has 1 nitrogen and oxygen atoms in total. The van der Waals surface area contributed by atoms with Crippen molar-refractivity contribution in [2.24, 2.45) is 0 Å². The first-order valence-corrected chi connectivity index (χ1v) is 7.14. The van der Waals surface area contributed by atoms with Crippen LogP contribution in [0.25, 0.3) is 5.70 Å². The van der Waals surface area contributed by atoms with Crippen molar-refractivity contribution in [2.45, 2.75) is 34.1 Å². The van der Waals surface area contributed by atoms with Crippen LogP contribution in [0.2, 0.25) is 0 Å². The van der Waals surface area contributed by atoms with Crippen molar-refractivity contribution in [3.63, 3.8) is 0 Å². The average molecular weight is 265 g/mol. The minimum absolute atomic E-state index is 0.949. The predicted molar refractivity (Wildman–Crippen MR) is 89.1 cm³/mol. The summed E-state index contributed by atoms with van der Waals surface area (Å²) in [4.78, 5) is 0. The van der Waals surface area contributed by atoms with E-state index in [-0.39, 0.29) is 0 Å². The standard InChI is InChI=1S/C19H23N/c1-6-17-9-7-14(3)19(12-17)20-16(5)18-10-8-13(2)15(4)11-18/h7-12,20H,5-6H2,1-4H3. The van der Waals surface area contributed by atoms with Gasteiger partial charge in [-0.25, -0.2) is 0 Å². The third-order valence-corrected chi connectivity index (χ3v) is 3.85. The van der Waals surface area contributed by atoms with Crippen LogP contribution in [0.4, 0.5) is 5.69 Å². The van der Waals surface area contributed by atoms with Crippen LogP contribution >= 0.6 is 0 Å². The van der Waals surface area contributed by atoms with Crippen LogP contribution in [0.15, 0.2) is 43.0 Å². The molecule has 2 aromatic carbocycles. The number of hydrogen-bond acceptors (Lipinski definition) is 1. The van der Waals surface area contributed by atoms with Crippen molar-refractivity contribution in [1.29, 1.82) is 0 Å². The van der Waals surface area contributed by atoms with Gasteiger partial charge >= 0.3 is 0 Å². The van der Waals surface area contributed by atoms with E-state index < -0.39 is 0 Å². The van der Waals surface area contributed by atoms with E-state index in [1.165, 1.54) is 22.3 Å². The van der Waals surface area contributed by atoms with E-state index in [9.17, 15) is 0 Å². The fourth-order valence-corrected chi connectivity index (χ4v) is 2.19. The molecule has 0 saturated heterocycles. The van der Waals surface area contributed by atoms with Gasteiger partial charge in [0.15, 0.2) is 0 Å². The molecule has 0 aliphatic rings. The maximum Gasteiger partial charge on any atom is 0.0416 e. The van der Waals surface area contributed by atoms with Gasteiger partial charge in [0.1, 0.15) is 0 Å². The molecule has 104 valence electrons. The lowest BCUT2D eigenvalue weighted by Crippen LogP contribution is -2.00. The minimum atomic E-state index is 0.949. The van der Waals surface area contributed by atoms with Gasteiger partial charge in [0.25, 0.3) is 0 Å². The van der Waals surface area contributed by atoms with E-state index in [2.05, 4.69) is 76.0 Å². The Balaban J connectivity index is 2.25. The Kier molecular flexibility index (Phi) is 4.29. The molecule has 20 heavy (non-hydrogen) atoms. The van der Waals surface area contributed by atoms with Gasteiger partial charge in [0.05, 0.1) is 0 Å². The molecule has 0 radical (unpaired) electrons. The molecular formula is C19H23N. The monoisotopic (exact) mass is 265 g/mol. The van der Waals surface area contributed by atoms with Gasteiger partial charge in [-0.3, -0.25) is 0 Å². The topological polar surface area (TPSA) is 12.0 Å². The number of hydrogen-bond donors (Lipinski definition) is 1. The highest BCUT2D eigenvalue weighted by Crippen LogP contribution is 2.23. The zero-order valence-electron chi connectivity index (χ0n) is 12.9. The Morgan fingerprint density at radius 2 is 1.65 bits per heavy atom. The van der Waals surface area contributed by atoms with Crippen molar-refractivity contribution in [3.8, 4) is 0 Å². The summed E-state index contributed by atoms with van der Waals surface area (Å²) < 4.78 is 0. The fourth-order valence-electron chi connectivity index (χ4n) is 2.19. The minimum Gasteiger partial charge on any atom is -0.355 e. The largest absolute Gasteiger partial charge is 0.355 e. The van der Waals surface area contributed by atoms with Crippen molar-refractivity contribution in [2.75, 3.05) is 5.32 Å². The molecular weight excluding hydrogens is 242 g/mol. The Morgan fingerprint density at radius 1 is 0.950 bits per heavy atom. The average Bonchev–Trinajstić information content (AvgIpc) is 2.44. The van der Waals surface area contributed by atoms with Gasteiger partial charge in [-0.15, -0.1) is 0 Å². The molecule has 0 saturated carbocycles. The first kappa shape index (κ1) is 14.4. The quantitative estimate of drug-likeness (QED) is 0.795. The molecule has 0 amide bonds. The third-order valence-electron chi connectivity index (χ3n) is 3.85. The van der Waals surface area contributed by atoms with Crippen molar-refractivity contribution in [3.05, 3.63) is 70.8 Å². The van der Waals surface area contributed by atoms with Crippen LogP contribution in [0.5, 0.6) is 0 Å². The number of nitrogens with one attached hydrogen (secondary N) is 1. The molecule has 0 aliphatic carbocycles. The zero-order valence-corrected chi connectivity index (χ0v) is 12.9. The van der Waals surface area contributed by atoms with Crippen molar-refractivity contribution >= 4 is 11.4 Å². The summed E-state index contributed by atoms with van der Waals surface area (Å²) >= 11 is 0. The van der Waals surface area contributed by atoms with Gasteiger partial charge in [0.2, 0.25) is 0 Å². The Morgan fingerprint density at radius 3 is 2.30 bits per heavy atom. The van der Waals surface area contributed by atoms with Crippen LogP contribution in [0, 0.1) is 20.8 Å². The SMILES string of the molecule is C=C(Nc1cc(CC)ccc1C)c1ccc(C)c(C)c1. The van der Waals surface area contributed by atoms with Crippen LogP contribution in [-0.2, 0) is 6.42 Å². The molecule has 2 aromatic rings. The second-order valence-electron chi connectivity index (χ2n) is 5.41. The molecule has 0 spiro atoms. The predicted octanol–water partition coefficient (Wildman–Crippen LogP) is 5.26. The lowest BCUT2D eigenvalue weighted by Gasteiger charge is -2.14. The maximum absolute atomic E-state index is 4.18. The number of aryl methyl sites for hydroxylation is 4. The van der Waals surface area contributed by atoms with Crippen LogP contribution < -0.4 is 5.32 Å². The molecule has 0 heterocycles. The highest BCUT2D eigenvalue weighted by atomic mass is 14.9. The lowest BCUT2D eigenvalue weighted by atomic mass is 10.0. The summed E-state index contributed by atoms with van der Waals surface area (Å²) in [5.41, 5.74) is 8.43.